The van der Waals surface area contributed by atoms with E-state index in [0.717, 1.165) is 42.6 Å². The Morgan fingerprint density at radius 3 is 2.32 bits per heavy atom. The first-order valence-corrected chi connectivity index (χ1v) is 13.2. The second-order valence-electron chi connectivity index (χ2n) is 10.3. The van der Waals surface area contributed by atoms with Gasteiger partial charge in [0.25, 0.3) is 5.91 Å². The minimum absolute atomic E-state index is 0.0137. The summed E-state index contributed by atoms with van der Waals surface area (Å²) in [5.41, 5.74) is 3.84. The quantitative estimate of drug-likeness (QED) is 0.376. The molecule has 0 spiro atoms. The zero-order chi connectivity index (χ0) is 29.1. The van der Waals surface area contributed by atoms with Crippen molar-refractivity contribution in [1.29, 1.82) is 0 Å². The standard InChI is InChI=1S/C27H29N5O2.C2HF3O2/c1-30-21-11-20(12-22(30)18-34-17-21)29-27(33)25-16-32(26-10-6-5-9-24(25)26)23-13-28-31(15-23)14-19-7-3-2-4-8-19;3-2(4,5)1(6)7/h2-10,13,15-16,20-22H,11-12,14,17-18H2,1H3,(H,29,33);(H,6,7)/t20-,21-,22+;. The molecule has 0 radical (unpaired) electrons. The second-order valence-corrected chi connectivity index (χ2v) is 10.3. The third kappa shape index (κ3) is 6.44. The minimum Gasteiger partial charge on any atom is -0.475 e. The van der Waals surface area contributed by atoms with Crippen LogP contribution < -0.4 is 5.32 Å². The summed E-state index contributed by atoms with van der Waals surface area (Å²) in [6.45, 7) is 2.19. The van der Waals surface area contributed by atoms with Crippen LogP contribution in [0.5, 0.6) is 0 Å². The Hall–Kier alpha value is -4.16. The molecule has 2 aromatic heterocycles. The van der Waals surface area contributed by atoms with Crippen LogP contribution in [0.1, 0.15) is 28.8 Å². The summed E-state index contributed by atoms with van der Waals surface area (Å²) >= 11 is 0. The van der Waals surface area contributed by atoms with Crippen LogP contribution in [0, 0.1) is 0 Å². The lowest BCUT2D eigenvalue weighted by Crippen LogP contribution is -2.59. The topological polar surface area (TPSA) is 102 Å². The number of halogens is 3. The van der Waals surface area contributed by atoms with Crippen LogP contribution in [0.2, 0.25) is 0 Å². The van der Waals surface area contributed by atoms with Crippen molar-refractivity contribution in [3.05, 3.63) is 84.3 Å². The number of hydrogen-bond donors (Lipinski definition) is 2. The first-order valence-electron chi connectivity index (χ1n) is 13.2. The van der Waals surface area contributed by atoms with Crippen molar-refractivity contribution in [1.82, 2.24) is 24.6 Å². The van der Waals surface area contributed by atoms with E-state index in [4.69, 9.17) is 14.6 Å². The van der Waals surface area contributed by atoms with Gasteiger partial charge in [0.05, 0.1) is 42.7 Å². The molecule has 41 heavy (non-hydrogen) atoms. The monoisotopic (exact) mass is 569 g/mol. The number of carboxylic acid groups (broad SMARTS) is 1. The number of piperidine rings is 1. The van der Waals surface area contributed by atoms with Gasteiger partial charge in [0.2, 0.25) is 0 Å². The summed E-state index contributed by atoms with van der Waals surface area (Å²) in [5, 5.41) is 16.0. The maximum atomic E-state index is 13.4. The van der Waals surface area contributed by atoms with E-state index in [1.54, 1.807) is 0 Å². The number of amides is 1. The molecule has 2 saturated heterocycles. The Morgan fingerprint density at radius 2 is 1.66 bits per heavy atom. The van der Waals surface area contributed by atoms with Crippen LogP contribution in [0.3, 0.4) is 0 Å². The number of nitrogens with zero attached hydrogens (tertiary/aromatic N) is 4. The van der Waals surface area contributed by atoms with E-state index < -0.39 is 12.1 Å². The van der Waals surface area contributed by atoms with E-state index in [2.05, 4.69) is 45.1 Å². The van der Waals surface area contributed by atoms with Crippen molar-refractivity contribution in [2.24, 2.45) is 0 Å². The van der Waals surface area contributed by atoms with Crippen molar-refractivity contribution in [2.75, 3.05) is 20.3 Å². The van der Waals surface area contributed by atoms with Crippen molar-refractivity contribution in [2.45, 2.75) is 43.7 Å². The average molecular weight is 570 g/mol. The number of aromatic nitrogens is 3. The maximum absolute atomic E-state index is 13.4. The van der Waals surface area contributed by atoms with Gasteiger partial charge in [-0.25, -0.2) is 4.79 Å². The number of nitrogens with one attached hydrogen (secondary N) is 1. The fourth-order valence-electron chi connectivity index (χ4n) is 5.38. The highest BCUT2D eigenvalue weighted by Crippen LogP contribution is 2.28. The van der Waals surface area contributed by atoms with Gasteiger partial charge in [-0.3, -0.25) is 14.4 Å². The largest absolute Gasteiger partial charge is 0.490 e. The predicted octanol–water partition coefficient (Wildman–Crippen LogP) is 4.10. The molecule has 3 atom stereocenters. The Balaban J connectivity index is 0.000000431. The van der Waals surface area contributed by atoms with Crippen LogP contribution in [0.25, 0.3) is 16.6 Å². The van der Waals surface area contributed by atoms with E-state index in [-0.39, 0.29) is 11.9 Å². The first-order chi connectivity index (χ1) is 19.6. The second kappa shape index (κ2) is 11.8. The lowest BCUT2D eigenvalue weighted by Gasteiger charge is -2.46. The van der Waals surface area contributed by atoms with E-state index in [0.29, 0.717) is 24.2 Å². The van der Waals surface area contributed by atoms with E-state index in [1.165, 1.54) is 5.56 Å². The molecular weight excluding hydrogens is 539 g/mol. The van der Waals surface area contributed by atoms with Crippen LogP contribution in [-0.2, 0) is 16.1 Å². The smallest absolute Gasteiger partial charge is 0.475 e. The molecule has 2 bridgehead atoms. The number of hydrogen-bond acceptors (Lipinski definition) is 5. The number of para-hydroxylation sites is 1. The van der Waals surface area contributed by atoms with Crippen LogP contribution in [0.4, 0.5) is 13.2 Å². The normalized spacial score (nSPS) is 20.7. The fourth-order valence-corrected chi connectivity index (χ4v) is 5.38. The molecule has 12 heteroatoms. The number of carbonyl (C=O) groups excluding carboxylic acids is 1. The molecule has 2 aliphatic heterocycles. The molecule has 0 saturated carbocycles. The summed E-state index contributed by atoms with van der Waals surface area (Å²) < 4.78 is 41.5. The highest BCUT2D eigenvalue weighted by Gasteiger charge is 2.38. The number of benzene rings is 2. The maximum Gasteiger partial charge on any atom is 0.490 e. The molecular formula is C29H30F3N5O4. The van der Waals surface area contributed by atoms with Gasteiger partial charge in [0, 0.05) is 35.9 Å². The van der Waals surface area contributed by atoms with Gasteiger partial charge in [-0.2, -0.15) is 18.3 Å². The Bertz CT molecular complexity index is 1500. The number of aliphatic carboxylic acids is 1. The molecule has 2 aliphatic rings. The minimum atomic E-state index is -5.08. The van der Waals surface area contributed by atoms with Crippen LogP contribution in [-0.4, -0.2) is 80.8 Å². The van der Waals surface area contributed by atoms with Gasteiger partial charge in [-0.05, 0) is 31.5 Å². The molecule has 2 fully saturated rings. The molecule has 2 N–H and O–H groups in total. The molecule has 2 aromatic carbocycles. The average Bonchev–Trinajstić information content (AvgIpc) is 3.54. The first kappa shape index (κ1) is 28.4. The number of rotatable bonds is 5. The summed E-state index contributed by atoms with van der Waals surface area (Å²) in [4.78, 5) is 24.7. The lowest BCUT2D eigenvalue weighted by atomic mass is 9.90. The molecule has 216 valence electrons. The Kier molecular flexibility index (Phi) is 8.13. The van der Waals surface area contributed by atoms with Gasteiger partial charge in [-0.1, -0.05) is 48.5 Å². The third-order valence-electron chi connectivity index (χ3n) is 7.51. The molecule has 4 aromatic rings. The SMILES string of the molecule is CN1[C@@H]2COC[C@H]1C[C@@H](NC(=O)c1cn(-c3cnn(Cc4ccccc4)c3)c3ccccc13)C2.O=C(O)C(F)(F)F. The van der Waals surface area contributed by atoms with Gasteiger partial charge in [0.1, 0.15) is 0 Å². The zero-order valence-electron chi connectivity index (χ0n) is 22.3. The Labute approximate surface area is 234 Å². The Morgan fingerprint density at radius 1 is 1.02 bits per heavy atom. The number of fused-ring (bicyclic) bond motifs is 3. The number of ether oxygens (including phenoxy) is 1. The van der Waals surface area contributed by atoms with Crippen molar-refractivity contribution >= 4 is 22.8 Å². The number of morpholine rings is 1. The summed E-state index contributed by atoms with van der Waals surface area (Å²) in [6.07, 6.45) is 2.59. The summed E-state index contributed by atoms with van der Waals surface area (Å²) in [7, 11) is 2.17. The number of likely N-dealkylation sites (N-methyl/N-ethyl adjacent to an activating group) is 1. The van der Waals surface area contributed by atoms with Gasteiger partial charge in [-0.15, -0.1) is 0 Å². The van der Waals surface area contributed by atoms with Crippen LogP contribution in [0.15, 0.2) is 73.2 Å². The predicted molar refractivity (Wildman–Crippen MR) is 145 cm³/mol. The summed E-state index contributed by atoms with van der Waals surface area (Å²) in [5.74, 6) is -2.77. The molecule has 6 rings (SSSR count). The third-order valence-corrected chi connectivity index (χ3v) is 7.51. The zero-order valence-corrected chi connectivity index (χ0v) is 22.3. The number of carbonyl (C=O) groups is 2. The fraction of sp³-hybridized carbons (Fsp3) is 0.345. The highest BCUT2D eigenvalue weighted by atomic mass is 19.4. The van der Waals surface area contributed by atoms with Gasteiger partial charge >= 0.3 is 12.1 Å². The molecule has 4 heterocycles. The highest BCUT2D eigenvalue weighted by molar-refractivity contribution is 6.07. The summed E-state index contributed by atoms with van der Waals surface area (Å²) in [6, 6.07) is 19.3. The van der Waals surface area contributed by atoms with Gasteiger partial charge in [0.15, 0.2) is 0 Å². The molecule has 9 nitrogen and oxygen atoms in total. The van der Waals surface area contributed by atoms with E-state index >= 15 is 0 Å². The van der Waals surface area contributed by atoms with E-state index in [9.17, 15) is 18.0 Å². The van der Waals surface area contributed by atoms with Gasteiger partial charge < -0.3 is 19.7 Å². The lowest BCUT2D eigenvalue weighted by molar-refractivity contribution is -0.192. The number of alkyl halides is 3. The number of carboxylic acids is 1. The van der Waals surface area contributed by atoms with Crippen molar-refractivity contribution in [3.8, 4) is 5.69 Å². The van der Waals surface area contributed by atoms with Crippen molar-refractivity contribution in [3.63, 3.8) is 0 Å². The van der Waals surface area contributed by atoms with Crippen LogP contribution >= 0.6 is 0 Å². The molecule has 0 aliphatic carbocycles. The van der Waals surface area contributed by atoms with Crippen molar-refractivity contribution < 1.29 is 32.6 Å². The molecule has 0 unspecified atom stereocenters. The van der Waals surface area contributed by atoms with E-state index in [1.807, 2.05) is 59.7 Å². The molecule has 1 amide bonds.